The van der Waals surface area contributed by atoms with Gasteiger partial charge in [0.25, 0.3) is 0 Å². The lowest BCUT2D eigenvalue weighted by Gasteiger charge is -2.07. The summed E-state index contributed by atoms with van der Waals surface area (Å²) in [6, 6.07) is 11.9. The molecule has 4 heteroatoms. The summed E-state index contributed by atoms with van der Waals surface area (Å²) < 4.78 is 5.21. The van der Waals surface area contributed by atoms with Crippen LogP contribution in [0.2, 0.25) is 5.02 Å². The van der Waals surface area contributed by atoms with Gasteiger partial charge in [0.1, 0.15) is 5.75 Å². The van der Waals surface area contributed by atoms with Crippen LogP contribution in [-0.2, 0) is 0 Å². The van der Waals surface area contributed by atoms with Crippen LogP contribution in [0.4, 0.5) is 5.69 Å². The summed E-state index contributed by atoms with van der Waals surface area (Å²) in [4.78, 5) is 11.9. The Kier molecular flexibility index (Phi) is 3.53. The fourth-order valence-electron chi connectivity index (χ4n) is 1.49. The smallest absolute Gasteiger partial charge is 0.345 e. The Labute approximate surface area is 110 Å². The number of carbonyl (C=O) groups is 1. The molecule has 92 valence electrons. The molecule has 2 aromatic carbocycles. The van der Waals surface area contributed by atoms with Crippen molar-refractivity contribution in [1.29, 1.82) is 0 Å². The first kappa shape index (κ1) is 12.5. The van der Waals surface area contributed by atoms with Crippen molar-refractivity contribution >= 4 is 23.3 Å². The molecule has 0 amide bonds. The second kappa shape index (κ2) is 5.10. The van der Waals surface area contributed by atoms with Gasteiger partial charge in [-0.2, -0.15) is 0 Å². The third-order valence-corrected chi connectivity index (χ3v) is 2.70. The van der Waals surface area contributed by atoms with Gasteiger partial charge in [-0.1, -0.05) is 29.3 Å². The number of nitrogen functional groups attached to an aromatic ring is 1. The van der Waals surface area contributed by atoms with E-state index in [1.54, 1.807) is 24.3 Å². The Hall–Kier alpha value is -2.00. The Bertz CT molecular complexity index is 579. The van der Waals surface area contributed by atoms with Gasteiger partial charge >= 0.3 is 5.97 Å². The van der Waals surface area contributed by atoms with Crippen LogP contribution < -0.4 is 10.5 Å². The molecule has 3 nitrogen and oxygen atoms in total. The number of anilines is 1. The van der Waals surface area contributed by atoms with Gasteiger partial charge in [-0.3, -0.25) is 0 Å². The summed E-state index contributed by atoms with van der Waals surface area (Å²) in [6.45, 7) is 1.96. The van der Waals surface area contributed by atoms with Gasteiger partial charge in [-0.05, 0) is 37.3 Å². The number of hydrogen-bond donors (Lipinski definition) is 1. The Balaban J connectivity index is 2.19. The average Bonchev–Trinajstić information content (AvgIpc) is 2.32. The van der Waals surface area contributed by atoms with Crippen LogP contribution in [0.25, 0.3) is 0 Å². The van der Waals surface area contributed by atoms with Crippen molar-refractivity contribution in [1.82, 2.24) is 0 Å². The molecule has 2 aromatic rings. The minimum absolute atomic E-state index is 0.305. The number of carbonyl (C=O) groups excluding carboxylic acids is 1. The highest BCUT2D eigenvalue weighted by atomic mass is 35.5. The summed E-state index contributed by atoms with van der Waals surface area (Å²) in [6.07, 6.45) is 0. The number of rotatable bonds is 2. The molecule has 0 fully saturated rings. The summed E-state index contributed by atoms with van der Waals surface area (Å²) in [7, 11) is 0. The first-order valence-corrected chi connectivity index (χ1v) is 5.78. The van der Waals surface area contributed by atoms with Crippen molar-refractivity contribution in [3.63, 3.8) is 0 Å². The second-order valence-corrected chi connectivity index (χ2v) is 4.37. The lowest BCUT2D eigenvalue weighted by atomic mass is 10.2. The van der Waals surface area contributed by atoms with Gasteiger partial charge in [0, 0.05) is 10.7 Å². The standard InChI is InChI=1S/C14H12ClNO2/c1-9-2-5-11(6-3-9)18-14(17)12-7-4-10(15)8-13(12)16/h2-8H,16H2,1H3. The molecule has 0 aliphatic rings. The van der Waals surface area contributed by atoms with Gasteiger partial charge in [0.2, 0.25) is 0 Å². The summed E-state index contributed by atoms with van der Waals surface area (Å²) in [5.74, 6) is -0.00651. The largest absolute Gasteiger partial charge is 0.423 e. The van der Waals surface area contributed by atoms with Crippen LogP contribution in [-0.4, -0.2) is 5.97 Å². The van der Waals surface area contributed by atoms with E-state index in [2.05, 4.69) is 0 Å². The van der Waals surface area contributed by atoms with Gasteiger partial charge in [0.05, 0.1) is 5.56 Å². The summed E-state index contributed by atoms with van der Waals surface area (Å²) in [5.41, 5.74) is 7.42. The topological polar surface area (TPSA) is 52.3 Å². The molecule has 0 unspecified atom stereocenters. The van der Waals surface area contributed by atoms with E-state index < -0.39 is 5.97 Å². The van der Waals surface area contributed by atoms with Crippen molar-refractivity contribution in [3.8, 4) is 5.75 Å². The van der Waals surface area contributed by atoms with E-state index in [1.807, 2.05) is 19.1 Å². The molecule has 0 aromatic heterocycles. The number of hydrogen-bond acceptors (Lipinski definition) is 3. The first-order valence-electron chi connectivity index (χ1n) is 5.40. The van der Waals surface area contributed by atoms with E-state index >= 15 is 0 Å². The molecule has 18 heavy (non-hydrogen) atoms. The minimum atomic E-state index is -0.493. The number of aryl methyl sites for hydroxylation is 1. The number of esters is 1. The van der Waals surface area contributed by atoms with Gasteiger partial charge in [-0.25, -0.2) is 4.79 Å². The zero-order valence-electron chi connectivity index (χ0n) is 9.81. The highest BCUT2D eigenvalue weighted by Crippen LogP contribution is 2.20. The zero-order chi connectivity index (χ0) is 13.1. The number of halogens is 1. The van der Waals surface area contributed by atoms with Crippen molar-refractivity contribution in [3.05, 3.63) is 58.6 Å². The van der Waals surface area contributed by atoms with Gasteiger partial charge in [-0.15, -0.1) is 0 Å². The Morgan fingerprint density at radius 3 is 2.44 bits per heavy atom. The molecule has 0 spiro atoms. The molecule has 0 saturated heterocycles. The number of benzene rings is 2. The molecule has 2 N–H and O–H groups in total. The van der Waals surface area contributed by atoms with Gasteiger partial charge in [0.15, 0.2) is 0 Å². The van der Waals surface area contributed by atoms with Crippen LogP contribution in [0.1, 0.15) is 15.9 Å². The Morgan fingerprint density at radius 1 is 1.17 bits per heavy atom. The minimum Gasteiger partial charge on any atom is -0.423 e. The summed E-state index contributed by atoms with van der Waals surface area (Å²) >= 11 is 5.77. The van der Waals surface area contributed by atoms with Crippen LogP contribution in [0.15, 0.2) is 42.5 Å². The highest BCUT2D eigenvalue weighted by Gasteiger charge is 2.12. The molecule has 2 rings (SSSR count). The lowest BCUT2D eigenvalue weighted by Crippen LogP contribution is -2.11. The van der Waals surface area contributed by atoms with Crippen LogP contribution >= 0.6 is 11.6 Å². The maximum atomic E-state index is 11.9. The van der Waals surface area contributed by atoms with Crippen LogP contribution in [0, 0.1) is 6.92 Å². The molecule has 0 aliphatic heterocycles. The van der Waals surface area contributed by atoms with E-state index in [-0.39, 0.29) is 0 Å². The first-order chi connectivity index (χ1) is 8.56. The molecule has 0 saturated carbocycles. The van der Waals surface area contributed by atoms with Gasteiger partial charge < -0.3 is 10.5 Å². The maximum absolute atomic E-state index is 11.9. The average molecular weight is 262 g/mol. The molecule has 0 aliphatic carbocycles. The normalized spacial score (nSPS) is 10.1. The van der Waals surface area contributed by atoms with Crippen LogP contribution in [0.3, 0.4) is 0 Å². The highest BCUT2D eigenvalue weighted by molar-refractivity contribution is 6.31. The Morgan fingerprint density at radius 2 is 1.83 bits per heavy atom. The van der Waals surface area contributed by atoms with E-state index in [9.17, 15) is 4.79 Å². The lowest BCUT2D eigenvalue weighted by molar-refractivity contribution is 0.0736. The third kappa shape index (κ3) is 2.81. The monoisotopic (exact) mass is 261 g/mol. The fourth-order valence-corrected chi connectivity index (χ4v) is 1.67. The SMILES string of the molecule is Cc1ccc(OC(=O)c2ccc(Cl)cc2N)cc1. The van der Waals surface area contributed by atoms with E-state index in [1.165, 1.54) is 6.07 Å². The summed E-state index contributed by atoms with van der Waals surface area (Å²) in [5, 5.41) is 0.486. The zero-order valence-corrected chi connectivity index (χ0v) is 10.6. The molecule has 0 atom stereocenters. The molecular formula is C14H12ClNO2. The molecule has 0 radical (unpaired) electrons. The van der Waals surface area contributed by atoms with Crippen molar-refractivity contribution in [2.45, 2.75) is 6.92 Å². The maximum Gasteiger partial charge on any atom is 0.345 e. The van der Waals surface area contributed by atoms with E-state index in [0.717, 1.165) is 5.56 Å². The van der Waals surface area contributed by atoms with E-state index in [0.29, 0.717) is 22.0 Å². The van der Waals surface area contributed by atoms with Crippen LogP contribution in [0.5, 0.6) is 5.75 Å². The van der Waals surface area contributed by atoms with Crippen molar-refractivity contribution in [2.24, 2.45) is 0 Å². The quantitative estimate of drug-likeness (QED) is 0.512. The van der Waals surface area contributed by atoms with Crippen molar-refractivity contribution < 1.29 is 9.53 Å². The predicted octanol–water partition coefficient (Wildman–Crippen LogP) is 3.45. The predicted molar refractivity (Wildman–Crippen MR) is 72.0 cm³/mol. The number of ether oxygens (including phenoxy) is 1. The van der Waals surface area contributed by atoms with Crippen molar-refractivity contribution in [2.75, 3.05) is 5.73 Å². The fraction of sp³-hybridized carbons (Fsp3) is 0.0714. The second-order valence-electron chi connectivity index (χ2n) is 3.93. The third-order valence-electron chi connectivity index (χ3n) is 2.47. The number of nitrogens with two attached hydrogens (primary N) is 1. The molecule has 0 heterocycles. The van der Waals surface area contributed by atoms with E-state index in [4.69, 9.17) is 22.1 Å². The molecule has 0 bridgehead atoms. The molecular weight excluding hydrogens is 250 g/mol.